The van der Waals surface area contributed by atoms with E-state index in [1.807, 2.05) is 12.1 Å². The molecule has 132 valence electrons. The van der Waals surface area contributed by atoms with Crippen molar-refractivity contribution >= 4 is 11.4 Å². The maximum atomic E-state index is 8.81. The molecule has 25 heavy (non-hydrogen) atoms. The van der Waals surface area contributed by atoms with Gasteiger partial charge in [0.1, 0.15) is 0 Å². The Hall–Kier alpha value is -1.17. The molecule has 0 spiro atoms. The molecule has 1 aliphatic rings. The monoisotopic (exact) mass is 504 g/mol. The van der Waals surface area contributed by atoms with E-state index in [9.17, 15) is 0 Å². The van der Waals surface area contributed by atoms with Gasteiger partial charge in [-0.25, -0.2) is 0 Å². The van der Waals surface area contributed by atoms with Crippen molar-refractivity contribution in [3.8, 4) is 0 Å². The van der Waals surface area contributed by atoms with Crippen molar-refractivity contribution in [1.29, 1.82) is 0 Å². The Labute approximate surface area is 169 Å². The van der Waals surface area contributed by atoms with Gasteiger partial charge in [0.05, 0.1) is 6.61 Å². The summed E-state index contributed by atoms with van der Waals surface area (Å²) in [7, 11) is 1.71. The van der Waals surface area contributed by atoms with Crippen LogP contribution in [0.15, 0.2) is 36.4 Å². The van der Waals surface area contributed by atoms with Crippen LogP contribution in [0, 0.1) is 20.8 Å². The Morgan fingerprint density at radius 3 is 2.28 bits per heavy atom. The first kappa shape index (κ1) is 20.1. The van der Waals surface area contributed by atoms with Crippen LogP contribution in [-0.4, -0.2) is 26.5 Å². The predicted molar refractivity (Wildman–Crippen MR) is 101 cm³/mol. The molecule has 0 amide bonds. The number of methoxy groups -OCH3 is 1. The Morgan fingerprint density at radius 2 is 1.64 bits per heavy atom. The number of hydrogen-bond acceptors (Lipinski definition) is 3. The number of aryl methyl sites for hydroxylation is 3. The van der Waals surface area contributed by atoms with Crippen LogP contribution in [0.25, 0.3) is 5.73 Å². The molecular weight excluding hydrogens is 477 g/mol. The molecule has 0 radical (unpaired) electrons. The van der Waals surface area contributed by atoms with E-state index in [1.165, 1.54) is 22.4 Å². The number of benzene rings is 2. The average Bonchev–Trinajstić information content (AvgIpc) is 2.89. The second-order valence-electron chi connectivity index (χ2n) is 6.57. The number of nitrogens with one attached hydrogen (secondary N) is 1. The second kappa shape index (κ2) is 8.47. The standard InChI is InChI=1S/C20H26N3O.Hf/c1-14-11-15(2)19(16(3)12-14)23-10-9-22(20(23)21)18-8-6-5-7-17(18)13-24-4;/h5-8,11-12,20-21H,9-10,13H2,1-4H3;/q-1;. The quantitative estimate of drug-likeness (QED) is 0.581. The van der Waals surface area contributed by atoms with E-state index in [0.717, 1.165) is 24.3 Å². The fraction of sp³-hybridized carbons (Fsp3) is 0.400. The van der Waals surface area contributed by atoms with E-state index in [0.29, 0.717) is 6.61 Å². The van der Waals surface area contributed by atoms with Crippen molar-refractivity contribution in [3.05, 3.63) is 64.4 Å². The number of hydrogen-bond donors (Lipinski definition) is 0. The van der Waals surface area contributed by atoms with Crippen molar-refractivity contribution < 1.29 is 30.6 Å². The zero-order valence-corrected chi connectivity index (χ0v) is 19.1. The molecule has 0 aliphatic carbocycles. The number of nitrogens with zero attached hydrogens (tertiary/aromatic N) is 2. The van der Waals surface area contributed by atoms with Gasteiger partial charge in [-0.05, 0) is 38.0 Å². The fourth-order valence-corrected chi connectivity index (χ4v) is 3.81. The summed E-state index contributed by atoms with van der Waals surface area (Å²) in [6, 6.07) is 12.6. The van der Waals surface area contributed by atoms with Gasteiger partial charge in [-0.1, -0.05) is 35.9 Å². The van der Waals surface area contributed by atoms with Gasteiger partial charge in [-0.2, -0.15) is 0 Å². The van der Waals surface area contributed by atoms with Gasteiger partial charge in [0, 0.05) is 69.3 Å². The summed E-state index contributed by atoms with van der Waals surface area (Å²) in [6.45, 7) is 8.69. The molecule has 1 heterocycles. The minimum Gasteiger partial charge on any atom is -0.640 e. The molecule has 1 N–H and O–H groups in total. The van der Waals surface area contributed by atoms with Crippen molar-refractivity contribution in [1.82, 2.24) is 0 Å². The van der Waals surface area contributed by atoms with E-state index >= 15 is 0 Å². The summed E-state index contributed by atoms with van der Waals surface area (Å²) in [6.07, 6.45) is -0.414. The molecule has 0 aromatic heterocycles. The fourth-order valence-electron chi connectivity index (χ4n) is 3.81. The summed E-state index contributed by atoms with van der Waals surface area (Å²) < 4.78 is 5.32. The molecule has 0 saturated carbocycles. The minimum atomic E-state index is -0.414. The van der Waals surface area contributed by atoms with Crippen LogP contribution in [0.5, 0.6) is 0 Å². The Bertz CT molecular complexity index is 712. The Kier molecular flexibility index (Phi) is 6.83. The Morgan fingerprint density at radius 1 is 1.04 bits per heavy atom. The average molecular weight is 503 g/mol. The van der Waals surface area contributed by atoms with Crippen molar-refractivity contribution in [2.24, 2.45) is 0 Å². The third-order valence-corrected chi connectivity index (χ3v) is 4.70. The maximum absolute atomic E-state index is 8.81. The molecule has 1 atom stereocenters. The van der Waals surface area contributed by atoms with E-state index in [2.05, 4.69) is 54.8 Å². The molecule has 3 rings (SSSR count). The topological polar surface area (TPSA) is 39.5 Å². The zero-order chi connectivity index (χ0) is 17.3. The van der Waals surface area contributed by atoms with Crippen LogP contribution in [-0.2, 0) is 37.2 Å². The number of para-hydroxylation sites is 1. The maximum Gasteiger partial charge on any atom is 0.0733 e. The van der Waals surface area contributed by atoms with Gasteiger partial charge in [0.15, 0.2) is 0 Å². The van der Waals surface area contributed by atoms with Crippen molar-refractivity contribution in [2.75, 3.05) is 30.0 Å². The molecule has 1 aliphatic heterocycles. The third kappa shape index (κ3) is 3.99. The second-order valence-corrected chi connectivity index (χ2v) is 6.57. The molecule has 2 aromatic rings. The van der Waals surface area contributed by atoms with E-state index in [-0.39, 0.29) is 25.8 Å². The van der Waals surface area contributed by atoms with Crippen molar-refractivity contribution in [3.63, 3.8) is 0 Å². The first-order valence-corrected chi connectivity index (χ1v) is 8.42. The molecule has 5 heteroatoms. The van der Waals surface area contributed by atoms with Gasteiger partial charge >= 0.3 is 0 Å². The molecule has 0 bridgehead atoms. The van der Waals surface area contributed by atoms with E-state index < -0.39 is 6.29 Å². The summed E-state index contributed by atoms with van der Waals surface area (Å²) >= 11 is 0. The number of anilines is 2. The number of ether oxygens (including phenoxy) is 1. The molecule has 1 saturated heterocycles. The molecule has 1 fully saturated rings. The van der Waals surface area contributed by atoms with Gasteiger partial charge in [-0.15, -0.1) is 0 Å². The van der Waals surface area contributed by atoms with Crippen LogP contribution >= 0.6 is 0 Å². The van der Waals surface area contributed by atoms with E-state index in [4.69, 9.17) is 10.5 Å². The molecular formula is C20H26HfN3O-. The van der Waals surface area contributed by atoms with E-state index in [1.54, 1.807) is 7.11 Å². The largest absolute Gasteiger partial charge is 0.640 e. The van der Waals surface area contributed by atoms with Gasteiger partial charge in [0.2, 0.25) is 0 Å². The first-order valence-electron chi connectivity index (χ1n) is 8.42. The summed E-state index contributed by atoms with van der Waals surface area (Å²) in [5.41, 5.74) is 16.0. The van der Waals surface area contributed by atoms with Crippen LogP contribution in [0.3, 0.4) is 0 Å². The number of rotatable bonds is 4. The van der Waals surface area contributed by atoms with Gasteiger partial charge in [-0.3, -0.25) is 0 Å². The summed E-state index contributed by atoms with van der Waals surface area (Å²) in [5.74, 6) is 0. The SMILES string of the molecule is COCc1ccccc1N1CCN(c2c(C)cc(C)cc2C)C1[NH-].[Hf]. The zero-order valence-electron chi connectivity index (χ0n) is 15.5. The third-order valence-electron chi connectivity index (χ3n) is 4.70. The van der Waals surface area contributed by atoms with Crippen LogP contribution in [0.4, 0.5) is 11.4 Å². The summed E-state index contributed by atoms with van der Waals surface area (Å²) in [5, 5.41) is 0. The summed E-state index contributed by atoms with van der Waals surface area (Å²) in [4.78, 5) is 4.36. The van der Waals surface area contributed by atoms with Crippen LogP contribution < -0.4 is 9.80 Å². The predicted octanol–water partition coefficient (Wildman–Crippen LogP) is 4.42. The normalized spacial score (nSPS) is 16.9. The first-order chi connectivity index (χ1) is 11.5. The van der Waals surface area contributed by atoms with Crippen molar-refractivity contribution in [2.45, 2.75) is 33.7 Å². The molecule has 2 aromatic carbocycles. The van der Waals surface area contributed by atoms with Gasteiger partial charge in [0.25, 0.3) is 0 Å². The van der Waals surface area contributed by atoms with Crippen LogP contribution in [0.1, 0.15) is 22.3 Å². The Balaban J connectivity index is 0.00000225. The molecule has 4 nitrogen and oxygen atoms in total. The smallest absolute Gasteiger partial charge is 0.0733 e. The van der Waals surface area contributed by atoms with Gasteiger partial charge < -0.3 is 20.3 Å². The minimum absolute atomic E-state index is 0. The molecule has 1 unspecified atom stereocenters. The van der Waals surface area contributed by atoms with Crippen LogP contribution in [0.2, 0.25) is 0 Å².